The van der Waals surface area contributed by atoms with Gasteiger partial charge in [-0.2, -0.15) is 8.78 Å². The highest BCUT2D eigenvalue weighted by atomic mass is 19.3. The lowest BCUT2D eigenvalue weighted by Crippen LogP contribution is -2.45. The standard InChI is InChI=1S/C8H6F2O3/c9-8(10,7(11)12)13-6-4-2-1-3-5-6/h1-5H,(H,11,12)/p-1. The number of carboxylic acid groups (broad SMARTS) is 1. The molecular weight excluding hydrogens is 182 g/mol. The van der Waals surface area contributed by atoms with E-state index < -0.39 is 12.1 Å². The van der Waals surface area contributed by atoms with Gasteiger partial charge < -0.3 is 14.6 Å². The molecule has 0 saturated heterocycles. The van der Waals surface area contributed by atoms with Crippen molar-refractivity contribution in [3.8, 4) is 5.75 Å². The van der Waals surface area contributed by atoms with E-state index in [1.807, 2.05) is 0 Å². The second kappa shape index (κ2) is 3.38. The highest BCUT2D eigenvalue weighted by Gasteiger charge is 2.33. The number of carbonyl (C=O) groups is 1. The molecule has 1 aromatic rings. The van der Waals surface area contributed by atoms with Gasteiger partial charge in [0.1, 0.15) is 5.75 Å². The van der Waals surface area contributed by atoms with E-state index in [1.165, 1.54) is 24.3 Å². The van der Waals surface area contributed by atoms with Crippen molar-refractivity contribution in [1.82, 2.24) is 0 Å². The zero-order valence-corrected chi connectivity index (χ0v) is 6.37. The largest absolute Gasteiger partial charge is 0.541 e. The fourth-order valence-corrected chi connectivity index (χ4v) is 0.678. The highest BCUT2D eigenvalue weighted by Crippen LogP contribution is 2.19. The third kappa shape index (κ3) is 2.40. The van der Waals surface area contributed by atoms with Gasteiger partial charge in [0.25, 0.3) is 0 Å². The molecule has 0 radical (unpaired) electrons. The number of para-hydroxylation sites is 1. The van der Waals surface area contributed by atoms with Crippen molar-refractivity contribution in [1.29, 1.82) is 0 Å². The minimum atomic E-state index is -4.29. The summed E-state index contributed by atoms with van der Waals surface area (Å²) in [5.74, 6) is -2.78. The molecule has 0 bridgehead atoms. The summed E-state index contributed by atoms with van der Waals surface area (Å²) in [7, 11) is 0. The van der Waals surface area contributed by atoms with E-state index in [-0.39, 0.29) is 5.75 Å². The van der Waals surface area contributed by atoms with Crippen molar-refractivity contribution < 1.29 is 23.4 Å². The SMILES string of the molecule is O=C([O-])C(F)(F)Oc1ccccc1. The van der Waals surface area contributed by atoms with Crippen LogP contribution in [0.5, 0.6) is 5.75 Å². The molecule has 0 saturated carbocycles. The van der Waals surface area contributed by atoms with E-state index in [1.54, 1.807) is 6.07 Å². The zero-order valence-electron chi connectivity index (χ0n) is 6.37. The quantitative estimate of drug-likeness (QED) is 0.688. The van der Waals surface area contributed by atoms with Crippen molar-refractivity contribution in [3.63, 3.8) is 0 Å². The van der Waals surface area contributed by atoms with Crippen LogP contribution in [0.4, 0.5) is 8.78 Å². The predicted octanol–water partition coefficient (Wildman–Crippen LogP) is 0.408. The maximum absolute atomic E-state index is 12.3. The molecule has 13 heavy (non-hydrogen) atoms. The number of benzene rings is 1. The minimum absolute atomic E-state index is 0.225. The lowest BCUT2D eigenvalue weighted by molar-refractivity contribution is -0.350. The van der Waals surface area contributed by atoms with Gasteiger partial charge in [0.15, 0.2) is 5.97 Å². The Labute approximate surface area is 72.6 Å². The van der Waals surface area contributed by atoms with Crippen LogP contribution in [0.1, 0.15) is 0 Å². The summed E-state index contributed by atoms with van der Waals surface area (Å²) in [6, 6.07) is 6.92. The molecule has 0 unspecified atom stereocenters. The topological polar surface area (TPSA) is 49.4 Å². The van der Waals surface area contributed by atoms with E-state index in [9.17, 15) is 18.7 Å². The first-order valence-electron chi connectivity index (χ1n) is 3.36. The Balaban J connectivity index is 2.75. The Kier molecular flexibility index (Phi) is 2.46. The molecule has 0 aromatic heterocycles. The van der Waals surface area contributed by atoms with Gasteiger partial charge in [0.05, 0.1) is 0 Å². The van der Waals surface area contributed by atoms with Crippen LogP contribution < -0.4 is 9.84 Å². The zero-order chi connectivity index (χ0) is 9.90. The average Bonchev–Trinajstić information content (AvgIpc) is 2.05. The Bertz CT molecular complexity index is 298. The van der Waals surface area contributed by atoms with Crippen molar-refractivity contribution in [2.45, 2.75) is 6.11 Å². The molecule has 3 nitrogen and oxygen atoms in total. The summed E-state index contributed by atoms with van der Waals surface area (Å²) in [5.41, 5.74) is 0. The summed E-state index contributed by atoms with van der Waals surface area (Å²) in [6.45, 7) is 0. The molecule has 0 spiro atoms. The number of carboxylic acids is 1. The van der Waals surface area contributed by atoms with Gasteiger partial charge >= 0.3 is 6.11 Å². The van der Waals surface area contributed by atoms with Gasteiger partial charge in [-0.15, -0.1) is 0 Å². The predicted molar refractivity (Wildman–Crippen MR) is 37.0 cm³/mol. The van der Waals surface area contributed by atoms with Gasteiger partial charge in [-0.05, 0) is 12.1 Å². The third-order valence-corrected chi connectivity index (χ3v) is 1.23. The van der Waals surface area contributed by atoms with Crippen LogP contribution in [0.3, 0.4) is 0 Å². The molecule has 0 aliphatic carbocycles. The van der Waals surface area contributed by atoms with Crippen LogP contribution in [0, 0.1) is 0 Å². The van der Waals surface area contributed by atoms with Crippen molar-refractivity contribution >= 4 is 5.97 Å². The fraction of sp³-hybridized carbons (Fsp3) is 0.125. The summed E-state index contributed by atoms with van der Waals surface area (Å²) in [4.78, 5) is 9.84. The molecule has 0 aliphatic heterocycles. The molecule has 1 aromatic carbocycles. The maximum atomic E-state index is 12.3. The van der Waals surface area contributed by atoms with Gasteiger partial charge in [0, 0.05) is 0 Å². The summed E-state index contributed by atoms with van der Waals surface area (Å²) >= 11 is 0. The molecule has 1 rings (SSSR count). The number of aliphatic carboxylic acids is 1. The van der Waals surface area contributed by atoms with Crippen molar-refractivity contribution in [3.05, 3.63) is 30.3 Å². The number of hydrogen-bond donors (Lipinski definition) is 0. The van der Waals surface area contributed by atoms with Gasteiger partial charge in [0.2, 0.25) is 0 Å². The first kappa shape index (κ1) is 9.44. The number of carbonyl (C=O) groups excluding carboxylic acids is 1. The molecule has 70 valence electrons. The van der Waals surface area contributed by atoms with Crippen LogP contribution in [0.25, 0.3) is 0 Å². The number of hydrogen-bond acceptors (Lipinski definition) is 3. The Hall–Kier alpha value is -1.65. The van der Waals surface area contributed by atoms with E-state index >= 15 is 0 Å². The average molecular weight is 187 g/mol. The second-order valence-corrected chi connectivity index (χ2v) is 2.22. The lowest BCUT2D eigenvalue weighted by atomic mass is 10.3. The Morgan fingerprint density at radius 1 is 1.31 bits per heavy atom. The molecule has 5 heteroatoms. The molecular formula is C8H5F2O3-. The summed E-state index contributed by atoms with van der Waals surface area (Å²) in [6.07, 6.45) is -4.29. The third-order valence-electron chi connectivity index (χ3n) is 1.23. The minimum Gasteiger partial charge on any atom is -0.541 e. The second-order valence-electron chi connectivity index (χ2n) is 2.22. The highest BCUT2D eigenvalue weighted by molar-refractivity contribution is 5.71. The van der Waals surface area contributed by atoms with E-state index in [0.717, 1.165) is 0 Å². The number of alkyl halides is 2. The summed E-state index contributed by atoms with van der Waals surface area (Å²) < 4.78 is 28.6. The molecule has 0 N–H and O–H groups in total. The van der Waals surface area contributed by atoms with E-state index in [2.05, 4.69) is 4.74 Å². The molecule has 0 fully saturated rings. The van der Waals surface area contributed by atoms with Gasteiger partial charge in [-0.25, -0.2) is 0 Å². The fourth-order valence-electron chi connectivity index (χ4n) is 0.678. The Morgan fingerprint density at radius 3 is 2.31 bits per heavy atom. The Morgan fingerprint density at radius 2 is 1.85 bits per heavy atom. The number of ether oxygens (including phenoxy) is 1. The van der Waals surface area contributed by atoms with E-state index in [0.29, 0.717) is 0 Å². The van der Waals surface area contributed by atoms with Crippen LogP contribution >= 0.6 is 0 Å². The van der Waals surface area contributed by atoms with E-state index in [4.69, 9.17) is 0 Å². The van der Waals surface area contributed by atoms with Crippen LogP contribution in [-0.4, -0.2) is 12.1 Å². The molecule has 0 atom stereocenters. The van der Waals surface area contributed by atoms with Crippen molar-refractivity contribution in [2.24, 2.45) is 0 Å². The first-order chi connectivity index (χ1) is 6.02. The van der Waals surface area contributed by atoms with Crippen LogP contribution in [-0.2, 0) is 4.79 Å². The van der Waals surface area contributed by atoms with Crippen LogP contribution in [0.2, 0.25) is 0 Å². The number of rotatable bonds is 3. The van der Waals surface area contributed by atoms with Crippen molar-refractivity contribution in [2.75, 3.05) is 0 Å². The molecule has 0 aliphatic rings. The first-order valence-corrected chi connectivity index (χ1v) is 3.36. The van der Waals surface area contributed by atoms with Gasteiger partial charge in [-0.1, -0.05) is 18.2 Å². The smallest absolute Gasteiger partial charge is 0.441 e. The molecule has 0 amide bonds. The monoisotopic (exact) mass is 187 g/mol. The summed E-state index contributed by atoms with van der Waals surface area (Å²) in [5, 5.41) is 9.84. The maximum Gasteiger partial charge on any atom is 0.441 e. The normalized spacial score (nSPS) is 10.9. The van der Waals surface area contributed by atoms with Gasteiger partial charge in [-0.3, -0.25) is 0 Å². The number of halogens is 2. The van der Waals surface area contributed by atoms with Crippen LogP contribution in [0.15, 0.2) is 30.3 Å². The molecule has 0 heterocycles. The lowest BCUT2D eigenvalue weighted by Gasteiger charge is -2.17.